The maximum absolute atomic E-state index is 12.5. The molecule has 1 aliphatic rings. The first-order valence-electron chi connectivity index (χ1n) is 7.36. The molecule has 24 heavy (non-hydrogen) atoms. The topological polar surface area (TPSA) is 87.9 Å². The van der Waals surface area contributed by atoms with Gasteiger partial charge in [-0.2, -0.15) is 5.10 Å². The first kappa shape index (κ1) is 20.8. The van der Waals surface area contributed by atoms with Crippen molar-refractivity contribution < 1.29 is 4.79 Å². The summed E-state index contributed by atoms with van der Waals surface area (Å²) in [4.78, 5) is 18.5. The average Bonchev–Trinajstić information content (AvgIpc) is 3.23. The van der Waals surface area contributed by atoms with Crippen molar-refractivity contribution in [1.29, 1.82) is 0 Å². The summed E-state index contributed by atoms with van der Waals surface area (Å²) in [5.74, 6) is 0.876. The fourth-order valence-electron chi connectivity index (χ4n) is 2.67. The number of carbonyl (C=O) groups excluding carboxylic acids is 1. The molecule has 1 fully saturated rings. The van der Waals surface area contributed by atoms with Crippen LogP contribution in [0.1, 0.15) is 28.8 Å². The number of hydrogen-bond donors (Lipinski definition) is 2. The van der Waals surface area contributed by atoms with Crippen LogP contribution in [0.3, 0.4) is 0 Å². The van der Waals surface area contributed by atoms with Crippen molar-refractivity contribution in [3.8, 4) is 0 Å². The van der Waals surface area contributed by atoms with Crippen LogP contribution in [0.2, 0.25) is 0 Å². The molecule has 1 saturated heterocycles. The van der Waals surface area contributed by atoms with Gasteiger partial charge in [0.05, 0.1) is 0 Å². The number of nitrogens with one attached hydrogen (secondary N) is 1. The van der Waals surface area contributed by atoms with Gasteiger partial charge in [-0.25, -0.2) is 4.98 Å². The number of aromatic nitrogens is 3. The number of aromatic amines is 1. The van der Waals surface area contributed by atoms with Gasteiger partial charge in [0.15, 0.2) is 5.16 Å². The molecule has 1 amide bonds. The Labute approximate surface area is 157 Å². The number of halogens is 2. The Morgan fingerprint density at radius 1 is 1.33 bits per heavy atom. The largest absolute Gasteiger partial charge is 0.334 e. The SMILES string of the molecule is Cl.Cl.NCC1CCCN1C(=O)c1ccc(CSc2ncn[nH]2)cc1. The summed E-state index contributed by atoms with van der Waals surface area (Å²) in [5, 5.41) is 7.42. The zero-order valence-electron chi connectivity index (χ0n) is 13.1. The molecule has 3 rings (SSSR count). The lowest BCUT2D eigenvalue weighted by Gasteiger charge is -2.23. The third kappa shape index (κ3) is 4.86. The Kier molecular flexibility index (Phi) is 8.55. The number of thioether (sulfide) groups is 1. The standard InChI is InChI=1S/C15H19N5OS.2ClH/c16-8-13-2-1-7-20(13)14(21)12-5-3-11(4-6-12)9-22-15-17-10-18-19-15;;/h3-6,10,13H,1-2,7-9,16H2,(H,17,18,19);2*1H. The van der Waals surface area contributed by atoms with E-state index in [0.29, 0.717) is 6.54 Å². The summed E-state index contributed by atoms with van der Waals surface area (Å²) < 4.78 is 0. The second-order valence-corrected chi connectivity index (χ2v) is 6.27. The van der Waals surface area contributed by atoms with E-state index in [1.807, 2.05) is 29.2 Å². The maximum atomic E-state index is 12.5. The normalized spacial score (nSPS) is 16.4. The van der Waals surface area contributed by atoms with Gasteiger partial charge in [0.2, 0.25) is 0 Å². The van der Waals surface area contributed by atoms with Crippen LogP contribution in [-0.2, 0) is 5.75 Å². The predicted molar refractivity (Wildman–Crippen MR) is 100.0 cm³/mol. The van der Waals surface area contributed by atoms with Gasteiger partial charge in [0.25, 0.3) is 5.91 Å². The van der Waals surface area contributed by atoms with Crippen LogP contribution < -0.4 is 5.73 Å². The van der Waals surface area contributed by atoms with Gasteiger partial charge < -0.3 is 10.6 Å². The van der Waals surface area contributed by atoms with E-state index in [-0.39, 0.29) is 36.8 Å². The molecule has 3 N–H and O–H groups in total. The Morgan fingerprint density at radius 3 is 2.71 bits per heavy atom. The molecule has 9 heteroatoms. The van der Waals surface area contributed by atoms with Gasteiger partial charge >= 0.3 is 0 Å². The van der Waals surface area contributed by atoms with Gasteiger partial charge in [0, 0.05) is 30.4 Å². The lowest BCUT2D eigenvalue weighted by molar-refractivity contribution is 0.0741. The van der Waals surface area contributed by atoms with Gasteiger partial charge in [-0.05, 0) is 30.5 Å². The third-order valence-electron chi connectivity index (χ3n) is 3.88. The summed E-state index contributed by atoms with van der Waals surface area (Å²) in [5.41, 5.74) is 7.62. The van der Waals surface area contributed by atoms with Gasteiger partial charge in [0.1, 0.15) is 6.33 Å². The van der Waals surface area contributed by atoms with E-state index in [9.17, 15) is 4.79 Å². The fourth-order valence-corrected chi connectivity index (χ4v) is 3.41. The van der Waals surface area contributed by atoms with Crippen molar-refractivity contribution in [3.63, 3.8) is 0 Å². The van der Waals surface area contributed by atoms with Crippen molar-refractivity contribution in [2.45, 2.75) is 29.8 Å². The third-order valence-corrected chi connectivity index (χ3v) is 4.83. The molecule has 1 unspecified atom stereocenters. The molecule has 0 bridgehead atoms. The highest BCUT2D eigenvalue weighted by Gasteiger charge is 2.28. The zero-order valence-corrected chi connectivity index (χ0v) is 15.5. The molecule has 132 valence electrons. The summed E-state index contributed by atoms with van der Waals surface area (Å²) in [7, 11) is 0. The van der Waals surface area contributed by atoms with E-state index in [2.05, 4.69) is 15.2 Å². The highest BCUT2D eigenvalue weighted by Crippen LogP contribution is 2.21. The first-order valence-corrected chi connectivity index (χ1v) is 8.34. The molecule has 0 spiro atoms. The number of nitrogens with zero attached hydrogens (tertiary/aromatic N) is 3. The van der Waals surface area contributed by atoms with Crippen molar-refractivity contribution in [2.24, 2.45) is 5.73 Å². The molecule has 1 aliphatic heterocycles. The molecule has 1 atom stereocenters. The molecule has 0 aliphatic carbocycles. The van der Waals surface area contributed by atoms with Crippen molar-refractivity contribution in [3.05, 3.63) is 41.7 Å². The molecular weight excluding hydrogens is 369 g/mol. The molecular formula is C15H21Cl2N5OS. The first-order chi connectivity index (χ1) is 10.8. The highest BCUT2D eigenvalue weighted by molar-refractivity contribution is 7.98. The van der Waals surface area contributed by atoms with Crippen LogP contribution in [0.25, 0.3) is 0 Å². The van der Waals surface area contributed by atoms with Gasteiger partial charge in [-0.3, -0.25) is 9.89 Å². The van der Waals surface area contributed by atoms with E-state index in [1.54, 1.807) is 11.8 Å². The monoisotopic (exact) mass is 389 g/mol. The number of carbonyl (C=O) groups is 1. The molecule has 0 radical (unpaired) electrons. The zero-order chi connectivity index (χ0) is 15.4. The highest BCUT2D eigenvalue weighted by atomic mass is 35.5. The molecule has 2 aromatic rings. The minimum absolute atomic E-state index is 0. The molecule has 1 aromatic heterocycles. The fraction of sp³-hybridized carbons (Fsp3) is 0.400. The number of nitrogens with two attached hydrogens (primary N) is 1. The minimum Gasteiger partial charge on any atom is -0.334 e. The van der Waals surface area contributed by atoms with Crippen LogP contribution in [0.4, 0.5) is 0 Å². The maximum Gasteiger partial charge on any atom is 0.254 e. The smallest absolute Gasteiger partial charge is 0.254 e. The number of H-pyrrole nitrogens is 1. The van der Waals surface area contributed by atoms with Gasteiger partial charge in [-0.1, -0.05) is 23.9 Å². The van der Waals surface area contributed by atoms with E-state index in [1.165, 1.54) is 6.33 Å². The van der Waals surface area contributed by atoms with Crippen LogP contribution in [0.5, 0.6) is 0 Å². The van der Waals surface area contributed by atoms with Crippen LogP contribution in [0.15, 0.2) is 35.7 Å². The summed E-state index contributed by atoms with van der Waals surface area (Å²) in [6, 6.07) is 7.96. The Bertz CT molecular complexity index is 623. The van der Waals surface area contributed by atoms with Gasteiger partial charge in [-0.15, -0.1) is 24.8 Å². The molecule has 6 nitrogen and oxygen atoms in total. The number of likely N-dealkylation sites (tertiary alicyclic amines) is 1. The average molecular weight is 390 g/mol. The van der Waals surface area contributed by atoms with Crippen LogP contribution in [0, 0.1) is 0 Å². The molecule has 2 heterocycles. The number of rotatable bonds is 5. The molecule has 1 aromatic carbocycles. The van der Waals surface area contributed by atoms with E-state index < -0.39 is 0 Å². The van der Waals surface area contributed by atoms with E-state index in [0.717, 1.165) is 41.4 Å². The summed E-state index contributed by atoms with van der Waals surface area (Å²) in [6.07, 6.45) is 3.54. The van der Waals surface area contributed by atoms with E-state index in [4.69, 9.17) is 5.73 Å². The predicted octanol–water partition coefficient (Wildman–Crippen LogP) is 2.50. The summed E-state index contributed by atoms with van der Waals surface area (Å²) in [6.45, 7) is 1.35. The van der Waals surface area contributed by atoms with Crippen LogP contribution in [-0.4, -0.2) is 45.1 Å². The second kappa shape index (κ2) is 9.88. The van der Waals surface area contributed by atoms with Crippen molar-refractivity contribution in [2.75, 3.05) is 13.1 Å². The van der Waals surface area contributed by atoms with Crippen molar-refractivity contribution >= 4 is 42.5 Å². The van der Waals surface area contributed by atoms with E-state index >= 15 is 0 Å². The Balaban J connectivity index is 0.00000144. The second-order valence-electron chi connectivity index (χ2n) is 5.31. The minimum atomic E-state index is 0. The number of hydrogen-bond acceptors (Lipinski definition) is 5. The Hall–Kier alpha value is -1.28. The quantitative estimate of drug-likeness (QED) is 0.766. The number of benzene rings is 1. The lowest BCUT2D eigenvalue weighted by Crippen LogP contribution is -2.39. The summed E-state index contributed by atoms with van der Waals surface area (Å²) >= 11 is 1.58. The molecule has 0 saturated carbocycles. The number of amides is 1. The lowest BCUT2D eigenvalue weighted by atomic mass is 10.1. The van der Waals surface area contributed by atoms with Crippen LogP contribution >= 0.6 is 36.6 Å². The Morgan fingerprint density at radius 2 is 2.08 bits per heavy atom. The van der Waals surface area contributed by atoms with Crippen molar-refractivity contribution in [1.82, 2.24) is 20.1 Å².